The van der Waals surface area contributed by atoms with E-state index in [1.165, 1.54) is 13.2 Å². The van der Waals surface area contributed by atoms with Crippen LogP contribution in [-0.2, 0) is 4.79 Å². The van der Waals surface area contributed by atoms with Gasteiger partial charge < -0.3 is 14.8 Å². The van der Waals surface area contributed by atoms with E-state index < -0.39 is 5.91 Å². The van der Waals surface area contributed by atoms with Gasteiger partial charge in [-0.2, -0.15) is 5.26 Å². The van der Waals surface area contributed by atoms with Crippen molar-refractivity contribution in [3.8, 4) is 29.9 Å². The fourth-order valence-electron chi connectivity index (χ4n) is 2.31. The molecule has 0 radical (unpaired) electrons. The number of carbonyl (C=O) groups is 1. The first kappa shape index (κ1) is 19.9. The Morgan fingerprint density at radius 3 is 2.78 bits per heavy atom. The van der Waals surface area contributed by atoms with Gasteiger partial charge >= 0.3 is 0 Å². The molecule has 0 heterocycles. The fraction of sp³-hybridized carbons (Fsp3) is 0.143. The first-order valence-electron chi connectivity index (χ1n) is 7.92. The molecule has 2 aromatic rings. The van der Waals surface area contributed by atoms with Crippen molar-refractivity contribution >= 4 is 29.3 Å². The molecule has 0 aromatic heterocycles. The standard InChI is InChI=1S/C21H17ClN2O3/c1-4-8-27-20-18(22)11-15(12-19(20)26-3)10-16(13-23)21(25)24-17-7-5-6-14(2)9-17/h1,5-7,9-12H,8H2,2-3H3,(H,24,25)/b16-10-. The minimum absolute atomic E-state index is 0.0353. The number of aryl methyl sites for hydroxylation is 1. The summed E-state index contributed by atoms with van der Waals surface area (Å²) in [5.74, 6) is 2.48. The third-order valence-corrected chi connectivity index (χ3v) is 3.78. The number of benzene rings is 2. The lowest BCUT2D eigenvalue weighted by Gasteiger charge is -2.12. The second-order valence-electron chi connectivity index (χ2n) is 5.52. The Balaban J connectivity index is 2.31. The van der Waals surface area contributed by atoms with Crippen LogP contribution in [-0.4, -0.2) is 19.6 Å². The van der Waals surface area contributed by atoms with Gasteiger partial charge in [0.05, 0.1) is 12.1 Å². The Hall–Kier alpha value is -3.41. The fourth-order valence-corrected chi connectivity index (χ4v) is 2.59. The second kappa shape index (κ2) is 9.33. The van der Waals surface area contributed by atoms with E-state index in [1.807, 2.05) is 31.2 Å². The molecule has 2 aromatic carbocycles. The van der Waals surface area contributed by atoms with Gasteiger partial charge in [-0.15, -0.1) is 6.42 Å². The van der Waals surface area contributed by atoms with Crippen molar-refractivity contribution in [3.05, 3.63) is 58.1 Å². The van der Waals surface area contributed by atoms with Crippen molar-refractivity contribution in [3.63, 3.8) is 0 Å². The van der Waals surface area contributed by atoms with E-state index in [2.05, 4.69) is 11.2 Å². The summed E-state index contributed by atoms with van der Waals surface area (Å²) in [5.41, 5.74) is 2.04. The number of amides is 1. The monoisotopic (exact) mass is 380 g/mol. The third kappa shape index (κ3) is 5.28. The molecule has 0 aliphatic heterocycles. The highest BCUT2D eigenvalue weighted by Crippen LogP contribution is 2.37. The van der Waals surface area contributed by atoms with Gasteiger partial charge in [0.1, 0.15) is 18.2 Å². The summed E-state index contributed by atoms with van der Waals surface area (Å²) in [6.45, 7) is 1.95. The summed E-state index contributed by atoms with van der Waals surface area (Å²) in [6, 6.07) is 12.4. The molecule has 0 atom stereocenters. The number of carbonyl (C=O) groups excluding carboxylic acids is 1. The smallest absolute Gasteiger partial charge is 0.266 e. The number of terminal acetylenes is 1. The average Bonchev–Trinajstić information content (AvgIpc) is 2.64. The molecule has 0 bridgehead atoms. The molecule has 0 aliphatic carbocycles. The molecule has 0 unspecified atom stereocenters. The Labute approximate surface area is 163 Å². The summed E-state index contributed by atoms with van der Waals surface area (Å²) in [7, 11) is 1.46. The van der Waals surface area contributed by atoms with E-state index in [9.17, 15) is 10.1 Å². The van der Waals surface area contributed by atoms with E-state index >= 15 is 0 Å². The van der Waals surface area contributed by atoms with E-state index in [4.69, 9.17) is 27.5 Å². The van der Waals surface area contributed by atoms with Crippen LogP contribution in [0.5, 0.6) is 11.5 Å². The summed E-state index contributed by atoms with van der Waals surface area (Å²) in [6.07, 6.45) is 6.61. The Kier molecular flexibility index (Phi) is 6.88. The van der Waals surface area contributed by atoms with Crippen molar-refractivity contribution in [2.75, 3.05) is 19.0 Å². The molecule has 0 aliphatic rings. The molecule has 1 amide bonds. The largest absolute Gasteiger partial charge is 0.493 e. The van der Waals surface area contributed by atoms with Crippen molar-refractivity contribution < 1.29 is 14.3 Å². The van der Waals surface area contributed by atoms with E-state index in [0.717, 1.165) is 5.56 Å². The minimum Gasteiger partial charge on any atom is -0.493 e. The molecule has 27 heavy (non-hydrogen) atoms. The van der Waals surface area contributed by atoms with Crippen LogP contribution in [0.25, 0.3) is 6.08 Å². The second-order valence-corrected chi connectivity index (χ2v) is 5.93. The zero-order chi connectivity index (χ0) is 19.8. The van der Waals surface area contributed by atoms with Gasteiger partial charge in [0, 0.05) is 5.69 Å². The van der Waals surface area contributed by atoms with Gasteiger partial charge in [-0.1, -0.05) is 29.7 Å². The highest BCUT2D eigenvalue weighted by Gasteiger charge is 2.14. The van der Waals surface area contributed by atoms with Crippen LogP contribution in [0.3, 0.4) is 0 Å². The molecule has 5 nitrogen and oxygen atoms in total. The zero-order valence-corrected chi connectivity index (χ0v) is 15.6. The number of anilines is 1. The van der Waals surface area contributed by atoms with Crippen LogP contribution in [0.1, 0.15) is 11.1 Å². The molecule has 0 saturated heterocycles. The summed E-state index contributed by atoms with van der Waals surface area (Å²) >= 11 is 6.22. The molecule has 2 rings (SSSR count). The van der Waals surface area contributed by atoms with Crippen LogP contribution in [0, 0.1) is 30.6 Å². The quantitative estimate of drug-likeness (QED) is 0.463. The number of methoxy groups -OCH3 is 1. The van der Waals surface area contributed by atoms with Crippen LogP contribution in [0.15, 0.2) is 42.0 Å². The SMILES string of the molecule is C#CCOc1c(Cl)cc(/C=C(/C#N)C(=O)Nc2cccc(C)c2)cc1OC. The van der Waals surface area contributed by atoms with Crippen molar-refractivity contribution in [2.45, 2.75) is 6.92 Å². The van der Waals surface area contributed by atoms with E-state index in [-0.39, 0.29) is 17.2 Å². The first-order chi connectivity index (χ1) is 13.0. The molecule has 1 N–H and O–H groups in total. The van der Waals surface area contributed by atoms with E-state index in [1.54, 1.807) is 18.2 Å². The van der Waals surface area contributed by atoms with Crippen molar-refractivity contribution in [1.82, 2.24) is 0 Å². The molecule has 0 spiro atoms. The molecule has 0 saturated carbocycles. The lowest BCUT2D eigenvalue weighted by atomic mass is 10.1. The lowest BCUT2D eigenvalue weighted by Crippen LogP contribution is -2.13. The number of halogens is 1. The van der Waals surface area contributed by atoms with Gasteiger partial charge in [-0.3, -0.25) is 4.79 Å². The highest BCUT2D eigenvalue weighted by molar-refractivity contribution is 6.32. The molecular formula is C21H17ClN2O3. The number of hydrogen-bond donors (Lipinski definition) is 1. The van der Waals surface area contributed by atoms with Crippen LogP contribution < -0.4 is 14.8 Å². The Morgan fingerprint density at radius 2 is 2.15 bits per heavy atom. The molecule has 0 fully saturated rings. The number of ether oxygens (including phenoxy) is 2. The average molecular weight is 381 g/mol. The molecular weight excluding hydrogens is 364 g/mol. The minimum atomic E-state index is -0.522. The maximum atomic E-state index is 12.4. The molecule has 6 heteroatoms. The van der Waals surface area contributed by atoms with Gasteiger partial charge in [-0.25, -0.2) is 0 Å². The Morgan fingerprint density at radius 1 is 1.37 bits per heavy atom. The van der Waals surface area contributed by atoms with Crippen molar-refractivity contribution in [1.29, 1.82) is 5.26 Å². The first-order valence-corrected chi connectivity index (χ1v) is 8.30. The van der Waals surface area contributed by atoms with Gasteiger partial charge in [0.2, 0.25) is 0 Å². The number of nitrogens with zero attached hydrogens (tertiary/aromatic N) is 1. The van der Waals surface area contributed by atoms with Crippen molar-refractivity contribution in [2.24, 2.45) is 0 Å². The zero-order valence-electron chi connectivity index (χ0n) is 14.9. The number of nitrogens with one attached hydrogen (secondary N) is 1. The highest BCUT2D eigenvalue weighted by atomic mass is 35.5. The van der Waals surface area contributed by atoms with Gasteiger partial charge in [0.15, 0.2) is 11.5 Å². The third-order valence-electron chi connectivity index (χ3n) is 3.50. The normalized spacial score (nSPS) is 10.5. The number of rotatable bonds is 6. The van der Waals surface area contributed by atoms with Gasteiger partial charge in [0.25, 0.3) is 5.91 Å². The van der Waals surface area contributed by atoms with Gasteiger partial charge in [-0.05, 0) is 48.4 Å². The number of nitriles is 1. The number of hydrogen-bond acceptors (Lipinski definition) is 4. The predicted octanol–water partition coefficient (Wildman–Crippen LogP) is 4.21. The Bertz CT molecular complexity index is 968. The summed E-state index contributed by atoms with van der Waals surface area (Å²) in [4.78, 5) is 12.4. The van der Waals surface area contributed by atoms with Crippen LogP contribution >= 0.6 is 11.6 Å². The lowest BCUT2D eigenvalue weighted by molar-refractivity contribution is -0.112. The van der Waals surface area contributed by atoms with Crippen LogP contribution in [0.4, 0.5) is 5.69 Å². The maximum absolute atomic E-state index is 12.4. The van der Waals surface area contributed by atoms with E-state index in [0.29, 0.717) is 22.7 Å². The molecule has 136 valence electrons. The topological polar surface area (TPSA) is 71.3 Å². The predicted molar refractivity (Wildman–Crippen MR) is 106 cm³/mol. The summed E-state index contributed by atoms with van der Waals surface area (Å²) in [5, 5.41) is 12.3. The summed E-state index contributed by atoms with van der Waals surface area (Å²) < 4.78 is 10.6. The van der Waals surface area contributed by atoms with Crippen LogP contribution in [0.2, 0.25) is 5.02 Å². The maximum Gasteiger partial charge on any atom is 0.266 e.